The van der Waals surface area contributed by atoms with Gasteiger partial charge in [0.2, 0.25) is 5.91 Å². The molecule has 9 nitrogen and oxygen atoms in total. The molecule has 0 unspecified atom stereocenters. The van der Waals surface area contributed by atoms with E-state index in [2.05, 4.69) is 15.3 Å². The van der Waals surface area contributed by atoms with Crippen molar-refractivity contribution in [1.82, 2.24) is 19.9 Å². The van der Waals surface area contributed by atoms with Crippen molar-refractivity contribution in [1.29, 1.82) is 0 Å². The minimum absolute atomic E-state index is 0.0354. The highest BCUT2D eigenvalue weighted by molar-refractivity contribution is 6.34. The van der Waals surface area contributed by atoms with E-state index >= 15 is 0 Å². The van der Waals surface area contributed by atoms with Crippen molar-refractivity contribution in [2.24, 2.45) is 5.41 Å². The second kappa shape index (κ2) is 9.57. The molecular weight excluding hydrogens is 499 g/mol. The number of aromatic nitrogens is 3. The highest BCUT2D eigenvalue weighted by Crippen LogP contribution is 2.47. The topological polar surface area (TPSA) is 92.1 Å². The second-order valence-electron chi connectivity index (χ2n) is 10.0. The molecule has 0 bridgehead atoms. The largest absolute Gasteiger partial charge is 0.378 e. The van der Waals surface area contributed by atoms with Gasteiger partial charge in [-0.25, -0.2) is 13.9 Å². The third kappa shape index (κ3) is 4.42. The van der Waals surface area contributed by atoms with Gasteiger partial charge < -0.3 is 19.9 Å². The number of hydrogen-bond acceptors (Lipinski definition) is 6. The summed E-state index contributed by atoms with van der Waals surface area (Å²) in [6, 6.07) is 5.99. The fourth-order valence-electron chi connectivity index (χ4n) is 5.78. The van der Waals surface area contributed by atoms with Gasteiger partial charge in [-0.05, 0) is 56.4 Å². The van der Waals surface area contributed by atoms with Crippen LogP contribution in [0.15, 0.2) is 36.7 Å². The first kappa shape index (κ1) is 24.1. The van der Waals surface area contributed by atoms with Crippen LogP contribution in [-0.4, -0.2) is 65.3 Å². The number of halogens is 2. The summed E-state index contributed by atoms with van der Waals surface area (Å²) in [4.78, 5) is 35.1. The van der Waals surface area contributed by atoms with E-state index in [1.165, 1.54) is 12.1 Å². The first-order valence-electron chi connectivity index (χ1n) is 12.7. The van der Waals surface area contributed by atoms with Crippen LogP contribution in [0, 0.1) is 11.2 Å². The van der Waals surface area contributed by atoms with Gasteiger partial charge >= 0.3 is 0 Å². The van der Waals surface area contributed by atoms with Crippen LogP contribution in [0.4, 0.5) is 15.9 Å². The van der Waals surface area contributed by atoms with E-state index in [0.29, 0.717) is 62.3 Å². The Morgan fingerprint density at radius 3 is 2.68 bits per heavy atom. The number of hydrogen-bond donors (Lipinski definition) is 1. The SMILES string of the molecule is O=C(N[C@H]1CC[C@@]2(CCN(c3ccc(F)cc3Cl)C2=O)CC1)c1cnn2ccc(N3CCOCC3)nc12. The van der Waals surface area contributed by atoms with Crippen LogP contribution < -0.4 is 15.1 Å². The van der Waals surface area contributed by atoms with Crippen LogP contribution >= 0.6 is 11.6 Å². The van der Waals surface area contributed by atoms with Gasteiger partial charge in [-0.1, -0.05) is 11.6 Å². The highest BCUT2D eigenvalue weighted by Gasteiger charge is 2.49. The van der Waals surface area contributed by atoms with Crippen molar-refractivity contribution in [3.05, 3.63) is 53.1 Å². The first-order valence-corrected chi connectivity index (χ1v) is 13.1. The lowest BCUT2D eigenvalue weighted by Crippen LogP contribution is -2.44. The molecule has 0 radical (unpaired) electrons. The van der Waals surface area contributed by atoms with Crippen molar-refractivity contribution in [3.63, 3.8) is 0 Å². The smallest absolute Gasteiger partial charge is 0.256 e. The molecule has 2 aliphatic heterocycles. The molecule has 2 amide bonds. The van der Waals surface area contributed by atoms with Crippen LogP contribution in [0.2, 0.25) is 5.02 Å². The van der Waals surface area contributed by atoms with Gasteiger partial charge in [0.25, 0.3) is 5.91 Å². The molecule has 0 atom stereocenters. The van der Waals surface area contributed by atoms with E-state index in [1.54, 1.807) is 21.7 Å². The average Bonchev–Trinajstić information content (AvgIpc) is 3.47. The minimum Gasteiger partial charge on any atom is -0.378 e. The molecule has 6 rings (SSSR count). The molecule has 1 spiro atoms. The second-order valence-corrected chi connectivity index (χ2v) is 10.4. The average molecular weight is 527 g/mol. The number of nitrogens with one attached hydrogen (secondary N) is 1. The van der Waals surface area contributed by atoms with E-state index in [1.807, 2.05) is 12.3 Å². The predicted octanol–water partition coefficient (Wildman–Crippen LogP) is 3.45. The summed E-state index contributed by atoms with van der Waals surface area (Å²) in [6.07, 6.45) is 6.86. The maximum absolute atomic E-state index is 13.5. The third-order valence-corrected chi connectivity index (χ3v) is 8.23. The molecule has 37 heavy (non-hydrogen) atoms. The Morgan fingerprint density at radius 1 is 1.14 bits per heavy atom. The van der Waals surface area contributed by atoms with Gasteiger partial charge in [0, 0.05) is 31.9 Å². The fourth-order valence-corrected chi connectivity index (χ4v) is 6.05. The summed E-state index contributed by atoms with van der Waals surface area (Å²) in [6.45, 7) is 3.37. The standard InChI is InChI=1S/C26H28ClFN6O3/c27-20-15-17(28)1-2-21(20)33-10-8-26(25(33)36)6-3-18(4-7-26)30-24(35)19-16-29-34-9-5-22(31-23(19)34)32-11-13-37-14-12-32/h1-2,5,9,15-16,18H,3-4,6-8,10-14H2,(H,30,35)/t18-,26-. The Hall–Kier alpha value is -3.24. The Balaban J connectivity index is 1.11. The van der Waals surface area contributed by atoms with Gasteiger partial charge in [-0.2, -0.15) is 5.10 Å². The lowest BCUT2D eigenvalue weighted by molar-refractivity contribution is -0.127. The number of amides is 2. The zero-order chi connectivity index (χ0) is 25.6. The monoisotopic (exact) mass is 526 g/mol. The van der Waals surface area contributed by atoms with E-state index in [0.717, 1.165) is 25.3 Å². The van der Waals surface area contributed by atoms with Crippen LogP contribution in [0.1, 0.15) is 42.5 Å². The van der Waals surface area contributed by atoms with Crippen molar-refractivity contribution in [3.8, 4) is 0 Å². The molecule has 1 aromatic carbocycles. The molecule has 1 N–H and O–H groups in total. The molecule has 1 saturated carbocycles. The summed E-state index contributed by atoms with van der Waals surface area (Å²) in [5.74, 6) is 0.203. The third-order valence-electron chi connectivity index (χ3n) is 7.93. The summed E-state index contributed by atoms with van der Waals surface area (Å²) >= 11 is 6.23. The molecule has 11 heteroatoms. The number of benzene rings is 1. The van der Waals surface area contributed by atoms with Crippen molar-refractivity contribution < 1.29 is 18.7 Å². The molecule has 3 fully saturated rings. The van der Waals surface area contributed by atoms with E-state index < -0.39 is 11.2 Å². The molecule has 3 aliphatic rings. The molecule has 1 aliphatic carbocycles. The Morgan fingerprint density at radius 2 is 1.92 bits per heavy atom. The quantitative estimate of drug-likeness (QED) is 0.560. The number of anilines is 2. The van der Waals surface area contributed by atoms with E-state index in [9.17, 15) is 14.0 Å². The molecule has 4 heterocycles. The lowest BCUT2D eigenvalue weighted by Gasteiger charge is -2.36. The fraction of sp³-hybridized carbons (Fsp3) is 0.462. The molecule has 2 aromatic heterocycles. The van der Waals surface area contributed by atoms with E-state index in [4.69, 9.17) is 21.3 Å². The summed E-state index contributed by atoms with van der Waals surface area (Å²) in [5, 5.41) is 7.68. The maximum Gasteiger partial charge on any atom is 0.256 e. The Bertz CT molecular complexity index is 1350. The first-order chi connectivity index (χ1) is 17.9. The summed E-state index contributed by atoms with van der Waals surface area (Å²) in [7, 11) is 0. The molecule has 3 aromatic rings. The van der Waals surface area contributed by atoms with Gasteiger partial charge in [0.1, 0.15) is 17.2 Å². The normalized spacial score (nSPS) is 24.3. The summed E-state index contributed by atoms with van der Waals surface area (Å²) < 4.78 is 20.5. The number of rotatable bonds is 4. The Labute approximate surface area is 218 Å². The number of carbonyl (C=O) groups is 2. The van der Waals surface area contributed by atoms with Crippen LogP contribution in [0.25, 0.3) is 5.65 Å². The lowest BCUT2D eigenvalue weighted by atomic mass is 9.71. The number of fused-ring (bicyclic) bond motifs is 1. The predicted molar refractivity (Wildman–Crippen MR) is 137 cm³/mol. The van der Waals surface area contributed by atoms with Gasteiger partial charge in [0.05, 0.1) is 35.5 Å². The molecular formula is C26H28ClFN6O3. The van der Waals surface area contributed by atoms with Crippen LogP contribution in [0.5, 0.6) is 0 Å². The minimum atomic E-state index is -0.460. The van der Waals surface area contributed by atoms with Crippen LogP contribution in [0.3, 0.4) is 0 Å². The highest BCUT2D eigenvalue weighted by atomic mass is 35.5. The van der Waals surface area contributed by atoms with E-state index in [-0.39, 0.29) is 22.9 Å². The number of ether oxygens (including phenoxy) is 1. The zero-order valence-electron chi connectivity index (χ0n) is 20.3. The van der Waals surface area contributed by atoms with Crippen LogP contribution in [-0.2, 0) is 9.53 Å². The summed E-state index contributed by atoms with van der Waals surface area (Å²) in [5.41, 5.74) is 1.05. The maximum atomic E-state index is 13.5. The van der Waals surface area contributed by atoms with Gasteiger partial charge in [-0.15, -0.1) is 0 Å². The number of morpholine rings is 1. The number of carbonyl (C=O) groups excluding carboxylic acids is 2. The van der Waals surface area contributed by atoms with Gasteiger partial charge in [0.15, 0.2) is 5.65 Å². The molecule has 194 valence electrons. The Kier molecular flexibility index (Phi) is 6.24. The number of nitrogens with zero attached hydrogens (tertiary/aromatic N) is 5. The van der Waals surface area contributed by atoms with Crippen molar-refractivity contribution >= 4 is 40.6 Å². The zero-order valence-corrected chi connectivity index (χ0v) is 21.1. The van der Waals surface area contributed by atoms with Crippen molar-refractivity contribution in [2.75, 3.05) is 42.6 Å². The van der Waals surface area contributed by atoms with Crippen molar-refractivity contribution in [2.45, 2.75) is 38.1 Å². The molecule has 2 saturated heterocycles. The van der Waals surface area contributed by atoms with Gasteiger partial charge in [-0.3, -0.25) is 9.59 Å².